The van der Waals surface area contributed by atoms with E-state index in [4.69, 9.17) is 4.74 Å². The van der Waals surface area contributed by atoms with Crippen molar-refractivity contribution in [3.05, 3.63) is 41.5 Å². The lowest BCUT2D eigenvalue weighted by Crippen LogP contribution is -2.20. The van der Waals surface area contributed by atoms with Gasteiger partial charge in [0.05, 0.1) is 6.42 Å². The fourth-order valence-electron chi connectivity index (χ4n) is 2.33. The van der Waals surface area contributed by atoms with Crippen molar-refractivity contribution in [2.75, 3.05) is 0 Å². The van der Waals surface area contributed by atoms with Gasteiger partial charge in [0.2, 0.25) is 0 Å². The second-order valence-corrected chi connectivity index (χ2v) is 4.79. The maximum absolute atomic E-state index is 12.1. The minimum atomic E-state index is -0.718. The van der Waals surface area contributed by atoms with Gasteiger partial charge in [0, 0.05) is 0 Å². The molecule has 2 aromatic carbocycles. The Hall–Kier alpha value is -2.89. The monoisotopic (exact) mass is 288 g/mol. The van der Waals surface area contributed by atoms with Gasteiger partial charge in [-0.2, -0.15) is 0 Å². The van der Waals surface area contributed by atoms with Crippen molar-refractivity contribution in [2.45, 2.75) is 12.5 Å². The van der Waals surface area contributed by atoms with Crippen LogP contribution < -0.4 is 4.74 Å². The molecular formula is C15H12O6. The molecule has 0 saturated heterocycles. The van der Waals surface area contributed by atoms with Crippen LogP contribution in [0.5, 0.6) is 28.7 Å². The molecule has 0 spiro atoms. The summed E-state index contributed by atoms with van der Waals surface area (Å²) in [6.07, 6.45) is -0.766. The maximum atomic E-state index is 12.1. The zero-order valence-electron chi connectivity index (χ0n) is 10.8. The Balaban J connectivity index is 2.04. The number of rotatable bonds is 1. The van der Waals surface area contributed by atoms with Gasteiger partial charge in [-0.15, -0.1) is 0 Å². The summed E-state index contributed by atoms with van der Waals surface area (Å²) in [6.45, 7) is 0. The van der Waals surface area contributed by atoms with Crippen LogP contribution >= 0.6 is 0 Å². The molecule has 6 heteroatoms. The molecule has 1 heterocycles. The van der Waals surface area contributed by atoms with Gasteiger partial charge in [-0.3, -0.25) is 4.79 Å². The molecule has 108 valence electrons. The van der Waals surface area contributed by atoms with Crippen LogP contribution in [-0.4, -0.2) is 26.2 Å². The van der Waals surface area contributed by atoms with E-state index in [0.717, 1.165) is 0 Å². The highest BCUT2D eigenvalue weighted by atomic mass is 16.5. The van der Waals surface area contributed by atoms with Crippen LogP contribution in [-0.2, 0) is 0 Å². The molecule has 0 amide bonds. The average Bonchev–Trinajstić information content (AvgIpc) is 2.45. The van der Waals surface area contributed by atoms with Crippen LogP contribution in [0, 0.1) is 0 Å². The average molecular weight is 288 g/mol. The molecule has 0 bridgehead atoms. The molecule has 0 fully saturated rings. The molecule has 0 aromatic heterocycles. The van der Waals surface area contributed by atoms with Crippen LogP contribution in [0.3, 0.4) is 0 Å². The van der Waals surface area contributed by atoms with E-state index in [1.165, 1.54) is 30.3 Å². The van der Waals surface area contributed by atoms with Crippen molar-refractivity contribution in [3.8, 4) is 28.7 Å². The predicted molar refractivity (Wildman–Crippen MR) is 71.9 cm³/mol. The lowest BCUT2D eigenvalue weighted by molar-refractivity contribution is 0.0837. The summed E-state index contributed by atoms with van der Waals surface area (Å²) in [5, 5.41) is 38.3. The summed E-state index contributed by atoms with van der Waals surface area (Å²) < 4.78 is 5.57. The van der Waals surface area contributed by atoms with Gasteiger partial charge < -0.3 is 25.2 Å². The molecule has 0 unspecified atom stereocenters. The molecule has 0 radical (unpaired) electrons. The summed E-state index contributed by atoms with van der Waals surface area (Å²) in [4.78, 5) is 12.1. The normalized spacial score (nSPS) is 17.1. The Morgan fingerprint density at radius 1 is 0.905 bits per heavy atom. The van der Waals surface area contributed by atoms with E-state index in [0.29, 0.717) is 5.56 Å². The number of phenolic OH excluding ortho intramolecular Hbond substituents is 4. The van der Waals surface area contributed by atoms with Gasteiger partial charge in [0.25, 0.3) is 0 Å². The van der Waals surface area contributed by atoms with Gasteiger partial charge >= 0.3 is 0 Å². The third-order valence-corrected chi connectivity index (χ3v) is 3.40. The minimum Gasteiger partial charge on any atom is -0.507 e. The van der Waals surface area contributed by atoms with Crippen LogP contribution in [0.1, 0.15) is 28.4 Å². The second kappa shape index (κ2) is 4.59. The number of hydrogen-bond donors (Lipinski definition) is 4. The molecule has 1 atom stereocenters. The SMILES string of the molecule is O=C1C[C@@H](c2ccc(O)c(O)c2)Oc2c(O)ccc(O)c21. The molecule has 3 rings (SSSR count). The molecule has 6 nitrogen and oxygen atoms in total. The fraction of sp³-hybridized carbons (Fsp3) is 0.133. The highest BCUT2D eigenvalue weighted by Gasteiger charge is 2.32. The number of phenols is 4. The Morgan fingerprint density at radius 2 is 1.57 bits per heavy atom. The number of aromatic hydroxyl groups is 4. The third-order valence-electron chi connectivity index (χ3n) is 3.40. The van der Waals surface area contributed by atoms with Crippen LogP contribution in [0.4, 0.5) is 0 Å². The first-order valence-electron chi connectivity index (χ1n) is 6.24. The number of hydrogen-bond acceptors (Lipinski definition) is 6. The second-order valence-electron chi connectivity index (χ2n) is 4.79. The zero-order chi connectivity index (χ0) is 15.1. The smallest absolute Gasteiger partial charge is 0.176 e. The molecule has 1 aliphatic heterocycles. The molecule has 4 N–H and O–H groups in total. The number of ketones is 1. The Bertz CT molecular complexity index is 737. The van der Waals surface area contributed by atoms with E-state index >= 15 is 0 Å². The first-order valence-corrected chi connectivity index (χ1v) is 6.24. The summed E-state index contributed by atoms with van der Waals surface area (Å²) in [5.41, 5.74) is 0.432. The highest BCUT2D eigenvalue weighted by molar-refractivity contribution is 6.03. The van der Waals surface area contributed by atoms with Crippen molar-refractivity contribution in [2.24, 2.45) is 0 Å². The molecule has 21 heavy (non-hydrogen) atoms. The molecule has 2 aromatic rings. The molecule has 1 aliphatic rings. The van der Waals surface area contributed by atoms with E-state index in [2.05, 4.69) is 0 Å². The van der Waals surface area contributed by atoms with Crippen molar-refractivity contribution in [1.82, 2.24) is 0 Å². The number of Topliss-reactive ketones (excluding diaryl/α,β-unsaturated/α-hetero) is 1. The number of fused-ring (bicyclic) bond motifs is 1. The van der Waals surface area contributed by atoms with Crippen molar-refractivity contribution >= 4 is 5.78 Å². The number of carbonyl (C=O) groups is 1. The topological polar surface area (TPSA) is 107 Å². The zero-order valence-corrected chi connectivity index (χ0v) is 10.8. The quantitative estimate of drug-likeness (QED) is 0.473. The largest absolute Gasteiger partial charge is 0.507 e. The fourth-order valence-corrected chi connectivity index (χ4v) is 2.33. The molecule has 0 saturated carbocycles. The van der Waals surface area contributed by atoms with Gasteiger partial charge in [-0.1, -0.05) is 6.07 Å². The Morgan fingerprint density at radius 3 is 2.29 bits per heavy atom. The minimum absolute atomic E-state index is 0.0470. The summed E-state index contributed by atoms with van der Waals surface area (Å²) in [7, 11) is 0. The van der Waals surface area contributed by atoms with E-state index in [1.54, 1.807) is 0 Å². The number of ether oxygens (including phenoxy) is 1. The number of benzene rings is 2. The van der Waals surface area contributed by atoms with Crippen LogP contribution in [0.15, 0.2) is 30.3 Å². The van der Waals surface area contributed by atoms with E-state index in [-0.39, 0.29) is 46.5 Å². The summed E-state index contributed by atoms with van der Waals surface area (Å²) in [6, 6.07) is 6.55. The van der Waals surface area contributed by atoms with Crippen LogP contribution in [0.25, 0.3) is 0 Å². The number of carbonyl (C=O) groups excluding carboxylic acids is 1. The maximum Gasteiger partial charge on any atom is 0.176 e. The van der Waals surface area contributed by atoms with Gasteiger partial charge in [0.1, 0.15) is 17.4 Å². The highest BCUT2D eigenvalue weighted by Crippen LogP contribution is 2.45. The van der Waals surface area contributed by atoms with E-state index in [9.17, 15) is 25.2 Å². The van der Waals surface area contributed by atoms with E-state index < -0.39 is 6.10 Å². The lowest BCUT2D eigenvalue weighted by Gasteiger charge is -2.26. The lowest BCUT2D eigenvalue weighted by atomic mass is 9.95. The van der Waals surface area contributed by atoms with Crippen molar-refractivity contribution in [1.29, 1.82) is 0 Å². The first-order chi connectivity index (χ1) is 9.97. The molecule has 0 aliphatic carbocycles. The first kappa shape index (κ1) is 13.1. The van der Waals surface area contributed by atoms with Gasteiger partial charge in [0.15, 0.2) is 28.8 Å². The van der Waals surface area contributed by atoms with Crippen LogP contribution in [0.2, 0.25) is 0 Å². The molecular weight excluding hydrogens is 276 g/mol. The predicted octanol–water partition coefficient (Wildman–Crippen LogP) is 2.22. The Kier molecular flexibility index (Phi) is 2.86. The Labute approximate surface area is 119 Å². The summed E-state index contributed by atoms with van der Waals surface area (Å²) in [5.74, 6) is -1.55. The van der Waals surface area contributed by atoms with Gasteiger partial charge in [-0.05, 0) is 29.8 Å². The third kappa shape index (κ3) is 2.10. The van der Waals surface area contributed by atoms with Crippen molar-refractivity contribution in [3.63, 3.8) is 0 Å². The van der Waals surface area contributed by atoms with Gasteiger partial charge in [-0.25, -0.2) is 0 Å². The van der Waals surface area contributed by atoms with Crippen molar-refractivity contribution < 1.29 is 30.0 Å². The summed E-state index contributed by atoms with van der Waals surface area (Å²) >= 11 is 0. The standard InChI is InChI=1S/C15H12O6/c16-8-2-1-7(5-11(8)19)13-6-12(20)14-9(17)3-4-10(18)15(14)21-13/h1-5,13,16-19H,6H2/t13-/m0/s1. The van der Waals surface area contributed by atoms with E-state index in [1.807, 2.05) is 0 Å².